The predicted octanol–water partition coefficient (Wildman–Crippen LogP) is 4.34. The normalized spacial score (nSPS) is 13.3. The second-order valence-corrected chi connectivity index (χ2v) is 5.63. The number of ether oxygens (including phenoxy) is 1. The Labute approximate surface area is 126 Å². The van der Waals surface area contributed by atoms with Crippen LogP contribution in [0.5, 0.6) is 0 Å². The number of aryl methyl sites for hydroxylation is 2. The van der Waals surface area contributed by atoms with E-state index in [4.69, 9.17) is 9.26 Å². The standard InChI is InChI=1S/C15H15BrN2O2/c1-4-19-13-7-11-5-10(6-12(16)15(11)17-13)14-8(2)18-20-9(14)3/h5-6H,4,7H2,1-3H3. The van der Waals surface area contributed by atoms with Crippen molar-refractivity contribution < 1.29 is 9.26 Å². The van der Waals surface area contributed by atoms with Gasteiger partial charge in [-0.1, -0.05) is 5.16 Å². The van der Waals surface area contributed by atoms with Gasteiger partial charge >= 0.3 is 0 Å². The molecule has 0 bridgehead atoms. The number of hydrogen-bond donors (Lipinski definition) is 0. The van der Waals surface area contributed by atoms with Crippen LogP contribution in [-0.2, 0) is 11.2 Å². The highest BCUT2D eigenvalue weighted by Crippen LogP contribution is 2.40. The molecule has 0 atom stereocenters. The summed E-state index contributed by atoms with van der Waals surface area (Å²) in [6, 6.07) is 4.20. The van der Waals surface area contributed by atoms with Gasteiger partial charge in [0.15, 0.2) is 5.90 Å². The highest BCUT2D eigenvalue weighted by Gasteiger charge is 2.21. The number of halogens is 1. The number of nitrogens with zero attached hydrogens (tertiary/aromatic N) is 2. The van der Waals surface area contributed by atoms with Crippen molar-refractivity contribution in [2.45, 2.75) is 27.2 Å². The first kappa shape index (κ1) is 13.4. The van der Waals surface area contributed by atoms with Crippen LogP contribution in [0.2, 0.25) is 0 Å². The zero-order valence-corrected chi connectivity index (χ0v) is 13.2. The van der Waals surface area contributed by atoms with E-state index in [1.807, 2.05) is 20.8 Å². The molecule has 104 valence electrons. The minimum Gasteiger partial charge on any atom is -0.481 e. The van der Waals surface area contributed by atoms with E-state index in [0.717, 1.165) is 50.6 Å². The molecule has 0 saturated carbocycles. The van der Waals surface area contributed by atoms with Crippen molar-refractivity contribution in [1.82, 2.24) is 5.16 Å². The molecule has 0 fully saturated rings. The molecule has 20 heavy (non-hydrogen) atoms. The zero-order chi connectivity index (χ0) is 14.3. The molecule has 3 rings (SSSR count). The molecule has 1 aliphatic heterocycles. The summed E-state index contributed by atoms with van der Waals surface area (Å²) in [4.78, 5) is 4.52. The molecule has 0 spiro atoms. The van der Waals surface area contributed by atoms with Crippen LogP contribution in [0.15, 0.2) is 26.1 Å². The number of benzene rings is 1. The van der Waals surface area contributed by atoms with Gasteiger partial charge in [-0.25, -0.2) is 4.99 Å². The Kier molecular flexibility index (Phi) is 3.38. The van der Waals surface area contributed by atoms with Crippen molar-refractivity contribution >= 4 is 27.5 Å². The molecule has 1 aromatic carbocycles. The molecule has 5 heteroatoms. The van der Waals surface area contributed by atoms with Crippen molar-refractivity contribution in [2.75, 3.05) is 6.61 Å². The molecule has 1 aromatic heterocycles. The zero-order valence-electron chi connectivity index (χ0n) is 11.7. The molecule has 0 N–H and O–H groups in total. The second kappa shape index (κ2) is 5.05. The maximum atomic E-state index is 5.52. The first-order chi connectivity index (χ1) is 9.60. The van der Waals surface area contributed by atoms with Gasteiger partial charge in [-0.05, 0) is 60.0 Å². The molecule has 0 aliphatic carbocycles. The lowest BCUT2D eigenvalue weighted by molar-refractivity contribution is 0.322. The van der Waals surface area contributed by atoms with Gasteiger partial charge < -0.3 is 9.26 Å². The molecule has 4 nitrogen and oxygen atoms in total. The van der Waals surface area contributed by atoms with Crippen LogP contribution < -0.4 is 0 Å². The largest absolute Gasteiger partial charge is 0.481 e. The number of aromatic nitrogens is 1. The van der Waals surface area contributed by atoms with E-state index in [0.29, 0.717) is 6.61 Å². The molecule has 2 aromatic rings. The number of fused-ring (bicyclic) bond motifs is 1. The molecule has 0 amide bonds. The van der Waals surface area contributed by atoms with E-state index in [9.17, 15) is 0 Å². The third-order valence-corrected chi connectivity index (χ3v) is 3.96. The van der Waals surface area contributed by atoms with Crippen LogP contribution in [0, 0.1) is 13.8 Å². The molecular formula is C15H15BrN2O2. The molecule has 2 heterocycles. The SMILES string of the molecule is CCOC1=Nc2c(Br)cc(-c3c(C)noc3C)cc2C1. The third-order valence-electron chi connectivity index (χ3n) is 3.35. The quantitative estimate of drug-likeness (QED) is 0.820. The monoisotopic (exact) mass is 334 g/mol. The highest BCUT2D eigenvalue weighted by atomic mass is 79.9. The summed E-state index contributed by atoms with van der Waals surface area (Å²) in [7, 11) is 0. The van der Waals surface area contributed by atoms with Gasteiger partial charge in [-0.2, -0.15) is 0 Å². The molecule has 0 saturated heterocycles. The minimum absolute atomic E-state index is 0.640. The van der Waals surface area contributed by atoms with Gasteiger partial charge in [-0.3, -0.25) is 0 Å². The Morgan fingerprint density at radius 1 is 1.35 bits per heavy atom. The van der Waals surface area contributed by atoms with Crippen molar-refractivity contribution in [3.63, 3.8) is 0 Å². The predicted molar refractivity (Wildman–Crippen MR) is 81.5 cm³/mol. The Morgan fingerprint density at radius 3 is 2.80 bits per heavy atom. The summed E-state index contributed by atoms with van der Waals surface area (Å²) in [6.45, 7) is 6.49. The van der Waals surface area contributed by atoms with Gasteiger partial charge in [0.1, 0.15) is 5.76 Å². The van der Waals surface area contributed by atoms with Crippen molar-refractivity contribution in [2.24, 2.45) is 4.99 Å². The highest BCUT2D eigenvalue weighted by molar-refractivity contribution is 9.10. The average molecular weight is 335 g/mol. The van der Waals surface area contributed by atoms with Crippen LogP contribution in [0.25, 0.3) is 11.1 Å². The van der Waals surface area contributed by atoms with Crippen molar-refractivity contribution in [3.8, 4) is 11.1 Å². The Morgan fingerprint density at radius 2 is 2.15 bits per heavy atom. The van der Waals surface area contributed by atoms with E-state index >= 15 is 0 Å². The van der Waals surface area contributed by atoms with E-state index < -0.39 is 0 Å². The lowest BCUT2D eigenvalue weighted by Gasteiger charge is -2.06. The van der Waals surface area contributed by atoms with Crippen LogP contribution in [0.3, 0.4) is 0 Å². The van der Waals surface area contributed by atoms with Crippen LogP contribution >= 0.6 is 15.9 Å². The first-order valence-electron chi connectivity index (χ1n) is 6.56. The Balaban J connectivity index is 2.05. The average Bonchev–Trinajstić information content (AvgIpc) is 2.94. The summed E-state index contributed by atoms with van der Waals surface area (Å²) >= 11 is 3.60. The van der Waals surface area contributed by atoms with E-state index in [2.05, 4.69) is 38.2 Å². The fraction of sp³-hybridized carbons (Fsp3) is 0.333. The summed E-state index contributed by atoms with van der Waals surface area (Å²) in [6.07, 6.45) is 0.735. The van der Waals surface area contributed by atoms with Gasteiger partial charge in [0.05, 0.1) is 24.4 Å². The lowest BCUT2D eigenvalue weighted by Crippen LogP contribution is -2.03. The third kappa shape index (κ3) is 2.16. The van der Waals surface area contributed by atoms with Crippen LogP contribution in [-0.4, -0.2) is 17.7 Å². The number of aliphatic imine (C=N–C) groups is 1. The minimum atomic E-state index is 0.640. The van der Waals surface area contributed by atoms with Crippen LogP contribution in [0.4, 0.5) is 5.69 Å². The maximum absolute atomic E-state index is 5.52. The van der Waals surface area contributed by atoms with Crippen LogP contribution in [0.1, 0.15) is 23.9 Å². The lowest BCUT2D eigenvalue weighted by atomic mass is 10.0. The second-order valence-electron chi connectivity index (χ2n) is 4.78. The molecule has 0 radical (unpaired) electrons. The Bertz CT molecular complexity index is 685. The topological polar surface area (TPSA) is 47.6 Å². The Hall–Kier alpha value is -1.62. The van der Waals surface area contributed by atoms with E-state index in [1.54, 1.807) is 0 Å². The number of rotatable bonds is 2. The molecular weight excluding hydrogens is 320 g/mol. The first-order valence-corrected chi connectivity index (χ1v) is 7.35. The van der Waals surface area contributed by atoms with E-state index in [1.165, 1.54) is 0 Å². The van der Waals surface area contributed by atoms with Gasteiger partial charge in [0, 0.05) is 10.0 Å². The van der Waals surface area contributed by atoms with E-state index in [-0.39, 0.29) is 0 Å². The summed E-state index contributed by atoms with van der Waals surface area (Å²) in [5.41, 5.74) is 5.18. The summed E-state index contributed by atoms with van der Waals surface area (Å²) < 4.78 is 11.7. The van der Waals surface area contributed by atoms with Gasteiger partial charge in [0.25, 0.3) is 0 Å². The van der Waals surface area contributed by atoms with Gasteiger partial charge in [-0.15, -0.1) is 0 Å². The molecule has 1 aliphatic rings. The fourth-order valence-electron chi connectivity index (χ4n) is 2.53. The smallest absolute Gasteiger partial charge is 0.193 e. The summed E-state index contributed by atoms with van der Waals surface area (Å²) in [5.74, 6) is 1.61. The fourth-order valence-corrected chi connectivity index (χ4v) is 3.12. The van der Waals surface area contributed by atoms with Crippen molar-refractivity contribution in [3.05, 3.63) is 33.6 Å². The van der Waals surface area contributed by atoms with Crippen molar-refractivity contribution in [1.29, 1.82) is 0 Å². The maximum Gasteiger partial charge on any atom is 0.193 e. The van der Waals surface area contributed by atoms with Gasteiger partial charge in [0.2, 0.25) is 0 Å². The number of hydrogen-bond acceptors (Lipinski definition) is 4. The summed E-state index contributed by atoms with van der Waals surface area (Å²) in [5, 5.41) is 4.02. The molecule has 0 unspecified atom stereocenters.